The Morgan fingerprint density at radius 2 is 1.70 bits per heavy atom. The summed E-state index contributed by atoms with van der Waals surface area (Å²) in [5, 5.41) is 0. The van der Waals surface area contributed by atoms with Crippen molar-refractivity contribution in [2.75, 3.05) is 0 Å². The van der Waals surface area contributed by atoms with Gasteiger partial charge in [-0.1, -0.05) is 13.8 Å². The largest absolute Gasteiger partial charge is 0.300 e. The molecule has 0 radical (unpaired) electrons. The lowest BCUT2D eigenvalue weighted by atomic mass is 9.44. The summed E-state index contributed by atoms with van der Waals surface area (Å²) in [7, 11) is 0. The molecule has 0 unspecified atom stereocenters. The molecule has 0 N–H and O–H groups in total. The van der Waals surface area contributed by atoms with Crippen LogP contribution in [-0.4, -0.2) is 11.6 Å². The third-order valence-corrected chi connectivity index (χ3v) is 8.97. The number of carbonyl (C=O) groups is 2. The molecule has 2 nitrogen and oxygen atoms in total. The maximum absolute atomic E-state index is 12.2. The lowest BCUT2D eigenvalue weighted by Crippen LogP contribution is -2.53. The van der Waals surface area contributed by atoms with Gasteiger partial charge in [0.2, 0.25) is 0 Å². The lowest BCUT2D eigenvalue weighted by molar-refractivity contribution is -0.143. The number of Topliss-reactive ketones (excluding diaryl/α,β-unsaturated/α-hetero) is 2. The minimum absolute atomic E-state index is 0.265. The van der Waals surface area contributed by atoms with Crippen molar-refractivity contribution in [1.29, 1.82) is 0 Å². The zero-order valence-corrected chi connectivity index (χ0v) is 15.1. The van der Waals surface area contributed by atoms with E-state index in [-0.39, 0.29) is 5.41 Å². The Morgan fingerprint density at radius 1 is 0.957 bits per heavy atom. The average molecular weight is 316 g/mol. The van der Waals surface area contributed by atoms with Gasteiger partial charge in [0.05, 0.1) is 0 Å². The van der Waals surface area contributed by atoms with Gasteiger partial charge in [-0.25, -0.2) is 0 Å². The summed E-state index contributed by atoms with van der Waals surface area (Å²) in [5.41, 5.74) is 0.660. The van der Waals surface area contributed by atoms with Gasteiger partial charge in [-0.2, -0.15) is 0 Å². The molecule has 0 amide bonds. The molecule has 23 heavy (non-hydrogen) atoms. The molecular formula is C21H32O2. The van der Waals surface area contributed by atoms with E-state index in [0.717, 1.165) is 43.4 Å². The summed E-state index contributed by atoms with van der Waals surface area (Å²) < 4.78 is 0. The van der Waals surface area contributed by atoms with Gasteiger partial charge in [-0.3, -0.25) is 9.59 Å². The zero-order chi connectivity index (χ0) is 16.4. The molecule has 2 heteroatoms. The average Bonchev–Trinajstić information content (AvgIpc) is 2.85. The highest BCUT2D eigenvalue weighted by atomic mass is 16.1. The quantitative estimate of drug-likeness (QED) is 0.696. The lowest BCUT2D eigenvalue weighted by Gasteiger charge is -2.60. The van der Waals surface area contributed by atoms with E-state index < -0.39 is 0 Å². The second-order valence-electron chi connectivity index (χ2n) is 9.68. The van der Waals surface area contributed by atoms with Crippen LogP contribution < -0.4 is 0 Å². The Hall–Kier alpha value is -0.660. The molecule has 128 valence electrons. The molecule has 4 aliphatic rings. The summed E-state index contributed by atoms with van der Waals surface area (Å²) >= 11 is 0. The summed E-state index contributed by atoms with van der Waals surface area (Å²) in [6.45, 7) is 6.74. The summed E-state index contributed by atoms with van der Waals surface area (Å²) in [6, 6.07) is 0. The Morgan fingerprint density at radius 3 is 2.43 bits per heavy atom. The van der Waals surface area contributed by atoms with Crippen LogP contribution in [0.5, 0.6) is 0 Å². The van der Waals surface area contributed by atoms with E-state index in [0.29, 0.717) is 28.8 Å². The van der Waals surface area contributed by atoms with Crippen molar-refractivity contribution in [3.05, 3.63) is 0 Å². The Kier molecular flexibility index (Phi) is 3.56. The Balaban J connectivity index is 1.63. The van der Waals surface area contributed by atoms with Crippen molar-refractivity contribution in [3.8, 4) is 0 Å². The van der Waals surface area contributed by atoms with Crippen molar-refractivity contribution in [1.82, 2.24) is 0 Å². The van der Waals surface area contributed by atoms with Crippen LogP contribution in [0, 0.1) is 40.4 Å². The normalized spacial score (nSPS) is 52.5. The van der Waals surface area contributed by atoms with Crippen molar-refractivity contribution in [2.45, 2.75) is 78.6 Å². The molecule has 4 fully saturated rings. The van der Waals surface area contributed by atoms with Gasteiger partial charge in [0.25, 0.3) is 0 Å². The number of fused-ring (bicyclic) bond motifs is 5. The van der Waals surface area contributed by atoms with Crippen molar-refractivity contribution >= 4 is 11.6 Å². The van der Waals surface area contributed by atoms with Gasteiger partial charge in [-0.05, 0) is 86.4 Å². The minimum Gasteiger partial charge on any atom is -0.300 e. The maximum Gasteiger partial charge on any atom is 0.133 e. The molecule has 4 aliphatic carbocycles. The number of hydrogen-bond donors (Lipinski definition) is 0. The molecule has 0 bridgehead atoms. The van der Waals surface area contributed by atoms with Gasteiger partial charge >= 0.3 is 0 Å². The SMILES string of the molecule is CC(=O)[C@@H]1CC[C@@H]2[C@H]3CC[C@H]4CC(=O)CC[C@]4(C)[C@H]3CC[C@@]21C. The minimum atomic E-state index is 0.265. The van der Waals surface area contributed by atoms with E-state index in [9.17, 15) is 9.59 Å². The molecule has 0 spiro atoms. The first-order chi connectivity index (χ1) is 10.9. The fourth-order valence-electron chi connectivity index (χ4n) is 7.71. The van der Waals surface area contributed by atoms with Crippen LogP contribution in [0.4, 0.5) is 0 Å². The smallest absolute Gasteiger partial charge is 0.133 e. The fourth-order valence-corrected chi connectivity index (χ4v) is 7.71. The molecule has 4 saturated carbocycles. The third kappa shape index (κ3) is 2.12. The van der Waals surface area contributed by atoms with Crippen LogP contribution >= 0.6 is 0 Å². The number of hydrogen-bond acceptors (Lipinski definition) is 2. The van der Waals surface area contributed by atoms with Crippen LogP contribution in [0.1, 0.15) is 78.6 Å². The van der Waals surface area contributed by atoms with Crippen LogP contribution in [0.15, 0.2) is 0 Å². The third-order valence-electron chi connectivity index (χ3n) is 8.97. The van der Waals surface area contributed by atoms with Crippen molar-refractivity contribution in [3.63, 3.8) is 0 Å². The molecule has 0 saturated heterocycles. The number of rotatable bonds is 1. The highest BCUT2D eigenvalue weighted by Gasteiger charge is 2.60. The topological polar surface area (TPSA) is 34.1 Å². The van der Waals surface area contributed by atoms with Gasteiger partial charge < -0.3 is 0 Å². The van der Waals surface area contributed by atoms with E-state index >= 15 is 0 Å². The first-order valence-corrected chi connectivity index (χ1v) is 9.88. The standard InChI is InChI=1S/C21H32O2/c1-13(22)17-6-7-18-16-5-4-14-12-15(23)8-10-20(14,2)19(16)9-11-21(17,18)3/h14,16-19H,4-12H2,1-3H3/t14-,16+,17-,18+,19-,20-,21+/m0/s1. The van der Waals surface area contributed by atoms with Crippen LogP contribution in [0.2, 0.25) is 0 Å². The second kappa shape index (κ2) is 5.17. The molecule has 0 aliphatic heterocycles. The van der Waals surface area contributed by atoms with E-state index in [1.807, 2.05) is 6.92 Å². The monoisotopic (exact) mass is 316 g/mol. The van der Waals surface area contributed by atoms with Crippen LogP contribution in [0.3, 0.4) is 0 Å². The van der Waals surface area contributed by atoms with E-state index in [1.165, 1.54) is 32.1 Å². The highest BCUT2D eigenvalue weighted by Crippen LogP contribution is 2.67. The van der Waals surface area contributed by atoms with Crippen molar-refractivity contribution in [2.24, 2.45) is 40.4 Å². The summed E-state index contributed by atoms with van der Waals surface area (Å²) in [6.07, 6.45) is 10.3. The van der Waals surface area contributed by atoms with Crippen molar-refractivity contribution < 1.29 is 9.59 Å². The highest BCUT2D eigenvalue weighted by molar-refractivity contribution is 5.80. The van der Waals surface area contributed by atoms with Gasteiger partial charge in [0.15, 0.2) is 0 Å². The summed E-state index contributed by atoms with van der Waals surface area (Å²) in [5.74, 6) is 4.25. The number of carbonyl (C=O) groups excluding carboxylic acids is 2. The predicted molar refractivity (Wildman–Crippen MR) is 90.9 cm³/mol. The van der Waals surface area contributed by atoms with E-state index in [4.69, 9.17) is 0 Å². The molecule has 7 atom stereocenters. The van der Waals surface area contributed by atoms with Crippen LogP contribution in [0.25, 0.3) is 0 Å². The molecule has 4 rings (SSSR count). The van der Waals surface area contributed by atoms with Gasteiger partial charge in [0.1, 0.15) is 11.6 Å². The first-order valence-electron chi connectivity index (χ1n) is 9.88. The van der Waals surface area contributed by atoms with Gasteiger partial charge in [-0.15, -0.1) is 0 Å². The first kappa shape index (κ1) is 15.8. The van der Waals surface area contributed by atoms with Crippen LogP contribution in [-0.2, 0) is 9.59 Å². The number of ketones is 2. The van der Waals surface area contributed by atoms with E-state index in [1.54, 1.807) is 0 Å². The molecule has 0 aromatic carbocycles. The Labute approximate surface area is 140 Å². The molecule has 0 aromatic rings. The second-order valence-corrected chi connectivity index (χ2v) is 9.68. The summed E-state index contributed by atoms with van der Waals surface area (Å²) in [4.78, 5) is 24.1. The Bertz CT molecular complexity index is 538. The fraction of sp³-hybridized carbons (Fsp3) is 0.905. The maximum atomic E-state index is 12.2. The molecule has 0 heterocycles. The molecule has 0 aromatic heterocycles. The van der Waals surface area contributed by atoms with Gasteiger partial charge in [0, 0.05) is 18.8 Å². The predicted octanol–water partition coefficient (Wildman–Crippen LogP) is 4.80. The zero-order valence-electron chi connectivity index (χ0n) is 15.1. The van der Waals surface area contributed by atoms with E-state index in [2.05, 4.69) is 13.8 Å². The molecular weight excluding hydrogens is 284 g/mol.